The molecular weight excluding hydrogens is 186 g/mol. The number of aromatic amines is 1. The van der Waals surface area contributed by atoms with E-state index in [1.807, 2.05) is 12.1 Å². The van der Waals surface area contributed by atoms with Gasteiger partial charge in [-0.15, -0.1) is 0 Å². The molecule has 1 saturated carbocycles. The van der Waals surface area contributed by atoms with Gasteiger partial charge < -0.3 is 10.1 Å². The van der Waals surface area contributed by atoms with E-state index in [4.69, 9.17) is 0 Å². The Hall–Kier alpha value is -1.28. The third-order valence-electron chi connectivity index (χ3n) is 3.71. The zero-order valence-corrected chi connectivity index (χ0v) is 8.66. The van der Waals surface area contributed by atoms with Crippen LogP contribution in [-0.2, 0) is 5.41 Å². The largest absolute Gasteiger partial charge is 0.395 e. The molecule has 1 aliphatic carbocycles. The maximum Gasteiger partial charge on any atom is 0.0542 e. The second-order valence-corrected chi connectivity index (χ2v) is 4.56. The van der Waals surface area contributed by atoms with Gasteiger partial charge in [0.05, 0.1) is 6.61 Å². The molecule has 0 radical (unpaired) electrons. The van der Waals surface area contributed by atoms with Crippen molar-refractivity contribution in [2.45, 2.75) is 24.7 Å². The normalized spacial score (nSPS) is 19.0. The number of H-pyrrole nitrogens is 1. The van der Waals surface area contributed by atoms with Crippen molar-refractivity contribution in [3.05, 3.63) is 36.0 Å². The Balaban J connectivity index is 2.11. The summed E-state index contributed by atoms with van der Waals surface area (Å²) in [5, 5.41) is 10.7. The second kappa shape index (κ2) is 3.11. The first-order valence-corrected chi connectivity index (χ1v) is 5.53. The maximum atomic E-state index is 9.50. The van der Waals surface area contributed by atoms with Crippen molar-refractivity contribution < 1.29 is 5.11 Å². The molecule has 0 bridgehead atoms. The number of rotatable bonds is 2. The zero-order valence-electron chi connectivity index (χ0n) is 8.66. The van der Waals surface area contributed by atoms with Gasteiger partial charge in [0, 0.05) is 16.6 Å². The van der Waals surface area contributed by atoms with Crippen LogP contribution in [0.1, 0.15) is 25.0 Å². The number of nitrogens with one attached hydrogen (secondary N) is 1. The lowest BCUT2D eigenvalue weighted by molar-refractivity contribution is 0.117. The van der Waals surface area contributed by atoms with Crippen LogP contribution in [0, 0.1) is 0 Å². The second-order valence-electron chi connectivity index (χ2n) is 4.56. The van der Waals surface area contributed by atoms with Crippen molar-refractivity contribution in [1.29, 1.82) is 0 Å². The molecule has 1 aromatic heterocycles. The molecule has 0 aliphatic heterocycles. The summed E-state index contributed by atoms with van der Waals surface area (Å²) in [6.45, 7) is 0.264. The minimum absolute atomic E-state index is 0.0268. The quantitative estimate of drug-likeness (QED) is 0.769. The van der Waals surface area contributed by atoms with Gasteiger partial charge in [-0.1, -0.05) is 24.6 Å². The lowest BCUT2D eigenvalue weighted by Gasteiger charge is -2.39. The van der Waals surface area contributed by atoms with Crippen LogP contribution in [0.5, 0.6) is 0 Å². The Morgan fingerprint density at radius 2 is 2.07 bits per heavy atom. The Morgan fingerprint density at radius 3 is 2.67 bits per heavy atom. The van der Waals surface area contributed by atoms with Crippen molar-refractivity contribution in [3.63, 3.8) is 0 Å². The lowest BCUT2D eigenvalue weighted by Crippen LogP contribution is -2.38. The molecule has 2 nitrogen and oxygen atoms in total. The smallest absolute Gasteiger partial charge is 0.0542 e. The molecule has 0 unspecified atom stereocenters. The molecule has 0 saturated heterocycles. The first kappa shape index (κ1) is 8.98. The van der Waals surface area contributed by atoms with Crippen molar-refractivity contribution in [2.24, 2.45) is 0 Å². The summed E-state index contributed by atoms with van der Waals surface area (Å²) in [4.78, 5) is 3.43. The van der Waals surface area contributed by atoms with E-state index >= 15 is 0 Å². The monoisotopic (exact) mass is 201 g/mol. The van der Waals surface area contributed by atoms with Crippen molar-refractivity contribution >= 4 is 10.9 Å². The Labute approximate surface area is 88.9 Å². The van der Waals surface area contributed by atoms with Gasteiger partial charge in [0.25, 0.3) is 0 Å². The predicted molar refractivity (Wildman–Crippen MR) is 60.9 cm³/mol. The third-order valence-corrected chi connectivity index (χ3v) is 3.71. The summed E-state index contributed by atoms with van der Waals surface area (Å²) in [6, 6.07) is 10.5. The van der Waals surface area contributed by atoms with Crippen LogP contribution in [-0.4, -0.2) is 16.7 Å². The van der Waals surface area contributed by atoms with E-state index < -0.39 is 0 Å². The highest BCUT2D eigenvalue weighted by Gasteiger charge is 2.39. The van der Waals surface area contributed by atoms with Gasteiger partial charge in [0.15, 0.2) is 0 Å². The summed E-state index contributed by atoms with van der Waals surface area (Å²) in [5.41, 5.74) is 2.41. The van der Waals surface area contributed by atoms with E-state index in [1.54, 1.807) is 0 Å². The first-order chi connectivity index (χ1) is 7.34. The Kier molecular flexibility index (Phi) is 1.86. The lowest BCUT2D eigenvalue weighted by atomic mass is 9.67. The summed E-state index contributed by atoms with van der Waals surface area (Å²) >= 11 is 0. The fraction of sp³-hybridized carbons (Fsp3) is 0.385. The highest BCUT2D eigenvalue weighted by Crippen LogP contribution is 2.43. The number of para-hydroxylation sites is 1. The van der Waals surface area contributed by atoms with Crippen LogP contribution in [0.3, 0.4) is 0 Å². The zero-order chi connectivity index (χ0) is 10.3. The molecule has 2 heteroatoms. The highest BCUT2D eigenvalue weighted by atomic mass is 16.3. The third kappa shape index (κ3) is 1.21. The fourth-order valence-electron chi connectivity index (χ4n) is 2.48. The minimum atomic E-state index is 0.0268. The maximum absolute atomic E-state index is 9.50. The molecule has 1 fully saturated rings. The summed E-state index contributed by atoms with van der Waals surface area (Å²) in [5.74, 6) is 0. The Bertz CT molecular complexity index is 443. The predicted octanol–water partition coefficient (Wildman–Crippen LogP) is 2.58. The molecule has 15 heavy (non-hydrogen) atoms. The average molecular weight is 201 g/mol. The number of hydrogen-bond donors (Lipinski definition) is 2. The van der Waals surface area contributed by atoms with E-state index in [-0.39, 0.29) is 12.0 Å². The molecule has 1 heterocycles. The van der Waals surface area contributed by atoms with Crippen molar-refractivity contribution in [3.8, 4) is 0 Å². The number of aliphatic hydroxyl groups is 1. The molecule has 1 aliphatic rings. The number of hydrogen-bond acceptors (Lipinski definition) is 1. The molecule has 1 aromatic carbocycles. The van der Waals surface area contributed by atoms with Crippen LogP contribution in [0.15, 0.2) is 30.3 Å². The van der Waals surface area contributed by atoms with Crippen LogP contribution in [0.25, 0.3) is 10.9 Å². The van der Waals surface area contributed by atoms with Crippen LogP contribution >= 0.6 is 0 Å². The number of aromatic nitrogens is 1. The molecule has 2 aromatic rings. The number of fused-ring (bicyclic) bond motifs is 1. The topological polar surface area (TPSA) is 36.0 Å². The summed E-state index contributed by atoms with van der Waals surface area (Å²) in [6.07, 6.45) is 3.45. The summed E-state index contributed by atoms with van der Waals surface area (Å²) in [7, 11) is 0. The van der Waals surface area contributed by atoms with Gasteiger partial charge in [0.1, 0.15) is 0 Å². The van der Waals surface area contributed by atoms with E-state index in [9.17, 15) is 5.11 Å². The van der Waals surface area contributed by atoms with Crippen molar-refractivity contribution in [1.82, 2.24) is 4.98 Å². The van der Waals surface area contributed by atoms with E-state index in [2.05, 4.69) is 23.2 Å². The molecule has 78 valence electrons. The van der Waals surface area contributed by atoms with Crippen LogP contribution in [0.2, 0.25) is 0 Å². The molecule has 0 atom stereocenters. The number of benzene rings is 1. The molecule has 3 rings (SSSR count). The van der Waals surface area contributed by atoms with E-state index in [0.29, 0.717) is 0 Å². The van der Waals surface area contributed by atoms with Crippen LogP contribution in [0.4, 0.5) is 0 Å². The first-order valence-electron chi connectivity index (χ1n) is 5.53. The molecule has 0 spiro atoms. The van der Waals surface area contributed by atoms with Gasteiger partial charge in [0.2, 0.25) is 0 Å². The molecular formula is C13H15NO. The van der Waals surface area contributed by atoms with Gasteiger partial charge in [-0.2, -0.15) is 0 Å². The number of aliphatic hydroxyl groups excluding tert-OH is 1. The summed E-state index contributed by atoms with van der Waals surface area (Å²) < 4.78 is 0. The molecule has 0 amide bonds. The van der Waals surface area contributed by atoms with Gasteiger partial charge in [-0.3, -0.25) is 0 Å². The van der Waals surface area contributed by atoms with Gasteiger partial charge in [-0.05, 0) is 30.4 Å². The fourth-order valence-corrected chi connectivity index (χ4v) is 2.48. The minimum Gasteiger partial charge on any atom is -0.395 e. The van der Waals surface area contributed by atoms with E-state index in [0.717, 1.165) is 12.8 Å². The Morgan fingerprint density at radius 1 is 1.27 bits per heavy atom. The average Bonchev–Trinajstić information content (AvgIpc) is 2.60. The van der Waals surface area contributed by atoms with Gasteiger partial charge >= 0.3 is 0 Å². The highest BCUT2D eigenvalue weighted by molar-refractivity contribution is 5.80. The molecule has 2 N–H and O–H groups in total. The van der Waals surface area contributed by atoms with Gasteiger partial charge in [-0.25, -0.2) is 0 Å². The van der Waals surface area contributed by atoms with E-state index in [1.165, 1.54) is 23.0 Å². The standard InChI is InChI=1S/C13H15NO/c15-9-13(6-3-7-13)12-8-10-4-1-2-5-11(10)14-12/h1-2,4-5,8,14-15H,3,6-7,9H2. The van der Waals surface area contributed by atoms with Crippen molar-refractivity contribution in [2.75, 3.05) is 6.61 Å². The van der Waals surface area contributed by atoms with Crippen LogP contribution < -0.4 is 0 Å². The SMILES string of the molecule is OCC1(c2cc3ccccc3[nH]2)CCC1.